The molecule has 2 N–H and O–H groups in total. The van der Waals surface area contributed by atoms with E-state index in [9.17, 15) is 13.2 Å². The van der Waals surface area contributed by atoms with Crippen molar-refractivity contribution in [3.63, 3.8) is 0 Å². The lowest BCUT2D eigenvalue weighted by Crippen LogP contribution is -2.37. The van der Waals surface area contributed by atoms with Crippen LogP contribution in [0.5, 0.6) is 0 Å². The van der Waals surface area contributed by atoms with Gasteiger partial charge in [-0.15, -0.1) is 0 Å². The molecule has 0 aromatic heterocycles. The van der Waals surface area contributed by atoms with Crippen molar-refractivity contribution in [3.05, 3.63) is 0 Å². The van der Waals surface area contributed by atoms with E-state index in [1.54, 1.807) is 6.92 Å². The predicted molar refractivity (Wildman–Crippen MR) is 80.9 cm³/mol. The molecule has 5 nitrogen and oxygen atoms in total. The van der Waals surface area contributed by atoms with Gasteiger partial charge in [0.1, 0.15) is 0 Å². The third kappa shape index (κ3) is 8.78. The SMILES string of the molecule is CC(CS(=O)(=O)O)NC(=O)CCCC[C@@H]1CCSS1. The quantitative estimate of drug-likeness (QED) is 0.403. The fourth-order valence-corrected chi connectivity index (χ4v) is 5.67. The first kappa shape index (κ1) is 17.1. The van der Waals surface area contributed by atoms with Crippen LogP contribution in [0.25, 0.3) is 0 Å². The summed E-state index contributed by atoms with van der Waals surface area (Å²) in [6.45, 7) is 1.57. The van der Waals surface area contributed by atoms with Gasteiger partial charge >= 0.3 is 0 Å². The molecule has 0 aromatic carbocycles. The summed E-state index contributed by atoms with van der Waals surface area (Å²) in [6, 6.07) is -0.552. The second-order valence-electron chi connectivity index (χ2n) is 4.79. The van der Waals surface area contributed by atoms with E-state index >= 15 is 0 Å². The Morgan fingerprint density at radius 1 is 1.47 bits per heavy atom. The Kier molecular flexibility index (Phi) is 7.56. The maximum Gasteiger partial charge on any atom is 0.266 e. The zero-order valence-corrected chi connectivity index (χ0v) is 13.5. The van der Waals surface area contributed by atoms with Gasteiger partial charge in [-0.2, -0.15) is 8.42 Å². The minimum atomic E-state index is -4.03. The van der Waals surface area contributed by atoms with E-state index < -0.39 is 21.9 Å². The molecule has 0 saturated carbocycles. The Morgan fingerprint density at radius 3 is 2.79 bits per heavy atom. The van der Waals surface area contributed by atoms with Gasteiger partial charge < -0.3 is 5.32 Å². The minimum absolute atomic E-state index is 0.149. The normalized spacial score (nSPS) is 21.3. The molecule has 1 heterocycles. The second kappa shape index (κ2) is 8.39. The maximum absolute atomic E-state index is 11.5. The Morgan fingerprint density at radius 2 is 2.21 bits per heavy atom. The summed E-state index contributed by atoms with van der Waals surface area (Å²) in [5.41, 5.74) is 0. The van der Waals surface area contributed by atoms with Crippen LogP contribution in [0.15, 0.2) is 0 Å². The van der Waals surface area contributed by atoms with Gasteiger partial charge in [0.2, 0.25) is 5.91 Å². The molecule has 112 valence electrons. The number of amides is 1. The van der Waals surface area contributed by atoms with Gasteiger partial charge in [-0.05, 0) is 26.2 Å². The zero-order valence-electron chi connectivity index (χ0n) is 11.0. The highest BCUT2D eigenvalue weighted by Crippen LogP contribution is 2.39. The topological polar surface area (TPSA) is 83.5 Å². The molecule has 0 bridgehead atoms. The summed E-state index contributed by atoms with van der Waals surface area (Å²) >= 11 is 0. The van der Waals surface area contributed by atoms with Crippen molar-refractivity contribution in [2.24, 2.45) is 0 Å². The fraction of sp³-hybridized carbons (Fsp3) is 0.909. The van der Waals surface area contributed by atoms with E-state index in [1.807, 2.05) is 21.6 Å². The fourth-order valence-electron chi connectivity index (χ4n) is 1.93. The number of hydrogen-bond donors (Lipinski definition) is 2. The van der Waals surface area contributed by atoms with E-state index in [-0.39, 0.29) is 5.91 Å². The van der Waals surface area contributed by atoms with E-state index in [1.165, 1.54) is 12.2 Å². The predicted octanol–water partition coefficient (Wildman–Crippen LogP) is 2.09. The lowest BCUT2D eigenvalue weighted by molar-refractivity contribution is -0.121. The van der Waals surface area contributed by atoms with Crippen LogP contribution < -0.4 is 5.32 Å². The zero-order chi connectivity index (χ0) is 14.3. The summed E-state index contributed by atoms with van der Waals surface area (Å²) in [7, 11) is -0.168. The Balaban J connectivity index is 2.07. The molecule has 0 aliphatic carbocycles. The second-order valence-corrected chi connectivity index (χ2v) is 9.08. The molecule has 2 atom stereocenters. The molecular formula is C11H21NO4S3. The van der Waals surface area contributed by atoms with Crippen LogP contribution in [0.1, 0.15) is 39.0 Å². The molecule has 1 aliphatic rings. The van der Waals surface area contributed by atoms with Gasteiger partial charge in [-0.25, -0.2) is 0 Å². The smallest absolute Gasteiger partial charge is 0.266 e. The van der Waals surface area contributed by atoms with E-state index in [2.05, 4.69) is 5.32 Å². The first-order valence-electron chi connectivity index (χ1n) is 6.39. The number of nitrogens with one attached hydrogen (secondary N) is 1. The lowest BCUT2D eigenvalue weighted by Gasteiger charge is -2.12. The number of hydrogen-bond acceptors (Lipinski definition) is 5. The van der Waals surface area contributed by atoms with E-state index in [4.69, 9.17) is 4.55 Å². The molecule has 0 radical (unpaired) electrons. The number of unbranched alkanes of at least 4 members (excludes halogenated alkanes) is 1. The van der Waals surface area contributed by atoms with Crippen LogP contribution >= 0.6 is 21.6 Å². The van der Waals surface area contributed by atoms with E-state index in [0.717, 1.165) is 24.5 Å². The van der Waals surface area contributed by atoms with Crippen LogP contribution in [0.2, 0.25) is 0 Å². The lowest BCUT2D eigenvalue weighted by atomic mass is 10.1. The number of rotatable bonds is 8. The van der Waals surface area contributed by atoms with Crippen molar-refractivity contribution in [2.75, 3.05) is 11.5 Å². The summed E-state index contributed by atoms with van der Waals surface area (Å²) in [6.07, 6.45) is 4.67. The Bertz CT molecular complexity index is 379. The number of carbonyl (C=O) groups is 1. The first-order valence-corrected chi connectivity index (χ1v) is 10.4. The average molecular weight is 327 g/mol. The van der Waals surface area contributed by atoms with Crippen LogP contribution in [0.3, 0.4) is 0 Å². The highest BCUT2D eigenvalue weighted by molar-refractivity contribution is 8.77. The summed E-state index contributed by atoms with van der Waals surface area (Å²) in [4.78, 5) is 11.5. The van der Waals surface area contributed by atoms with Gasteiger partial charge in [0.15, 0.2) is 0 Å². The van der Waals surface area contributed by atoms with Crippen LogP contribution in [-0.4, -0.2) is 41.7 Å². The standard InChI is InChI=1S/C11H21NO4S3/c1-9(8-19(14,15)16)12-11(13)5-3-2-4-10-6-7-17-18-10/h9-10H,2-8H2,1H3,(H,12,13)(H,14,15,16)/t9?,10-/m1/s1. The molecule has 19 heavy (non-hydrogen) atoms. The number of carbonyl (C=O) groups excluding carboxylic acids is 1. The van der Waals surface area contributed by atoms with Crippen LogP contribution in [0.4, 0.5) is 0 Å². The molecule has 1 saturated heterocycles. The average Bonchev–Trinajstić information content (AvgIpc) is 2.74. The molecule has 8 heteroatoms. The minimum Gasteiger partial charge on any atom is -0.353 e. The Labute approximate surface area is 122 Å². The molecule has 1 unspecified atom stereocenters. The van der Waals surface area contributed by atoms with Crippen molar-refractivity contribution in [3.8, 4) is 0 Å². The maximum atomic E-state index is 11.5. The molecule has 1 fully saturated rings. The summed E-state index contributed by atoms with van der Waals surface area (Å²) in [5.74, 6) is 0.641. The largest absolute Gasteiger partial charge is 0.353 e. The molecule has 1 aliphatic heterocycles. The van der Waals surface area contributed by atoms with Crippen molar-refractivity contribution in [1.29, 1.82) is 0 Å². The molecule has 1 rings (SSSR count). The third-order valence-corrected chi connectivity index (χ3v) is 6.70. The summed E-state index contributed by atoms with van der Waals surface area (Å²) < 4.78 is 29.9. The van der Waals surface area contributed by atoms with Crippen molar-refractivity contribution in [1.82, 2.24) is 5.32 Å². The van der Waals surface area contributed by atoms with Crippen LogP contribution in [0, 0.1) is 0 Å². The van der Waals surface area contributed by atoms with Crippen LogP contribution in [-0.2, 0) is 14.9 Å². The highest BCUT2D eigenvalue weighted by atomic mass is 33.1. The highest BCUT2D eigenvalue weighted by Gasteiger charge is 2.17. The van der Waals surface area contributed by atoms with Gasteiger partial charge in [0.25, 0.3) is 10.1 Å². The molecule has 0 aromatic rings. The van der Waals surface area contributed by atoms with Gasteiger partial charge in [-0.3, -0.25) is 9.35 Å². The van der Waals surface area contributed by atoms with Gasteiger partial charge in [0, 0.05) is 23.5 Å². The van der Waals surface area contributed by atoms with Crippen molar-refractivity contribution in [2.45, 2.75) is 50.3 Å². The Hall–Kier alpha value is 0.0800. The summed E-state index contributed by atoms with van der Waals surface area (Å²) in [5, 5.41) is 3.31. The monoisotopic (exact) mass is 327 g/mol. The van der Waals surface area contributed by atoms with E-state index in [0.29, 0.717) is 6.42 Å². The molecule has 1 amide bonds. The third-order valence-electron chi connectivity index (χ3n) is 2.78. The molecular weight excluding hydrogens is 306 g/mol. The van der Waals surface area contributed by atoms with Gasteiger partial charge in [-0.1, -0.05) is 28.0 Å². The molecule has 0 spiro atoms. The van der Waals surface area contributed by atoms with Crippen molar-refractivity contribution >= 4 is 37.6 Å². The van der Waals surface area contributed by atoms with Crippen molar-refractivity contribution < 1.29 is 17.8 Å². The first-order chi connectivity index (χ1) is 8.87. The van der Waals surface area contributed by atoms with Gasteiger partial charge in [0.05, 0.1) is 5.75 Å².